The van der Waals surface area contributed by atoms with E-state index in [-0.39, 0.29) is 18.4 Å². The Labute approximate surface area is 177 Å². The highest BCUT2D eigenvalue weighted by atomic mass is 19.1. The number of nitrogens with zero attached hydrogens (tertiary/aromatic N) is 4. The number of aromatic amines is 1. The van der Waals surface area contributed by atoms with Gasteiger partial charge in [-0.2, -0.15) is 10.1 Å². The van der Waals surface area contributed by atoms with Crippen LogP contribution in [0.4, 0.5) is 16.0 Å². The molecule has 1 atom stereocenters. The number of carbonyl (C=O) groups is 1. The van der Waals surface area contributed by atoms with Crippen LogP contribution in [0.2, 0.25) is 0 Å². The lowest BCUT2D eigenvalue weighted by molar-refractivity contribution is -0.122. The first-order chi connectivity index (χ1) is 15.1. The number of anilines is 2. The van der Waals surface area contributed by atoms with Crippen LogP contribution in [0.5, 0.6) is 0 Å². The standard InChI is InChI=1S/C22H20FN7O/c23-18(10-20(31)27-16-4-5-16)13-2-1-3-14(8-13)21-24-12-25-22(29-21)28-17-6-7-19-15(9-17)11-26-30-19/h1-3,6-9,11-12,16,18H,4-5,10H2,(H,26,30)(H,27,31)(H,24,25,28,29). The molecule has 1 aliphatic rings. The number of hydrogen-bond donors (Lipinski definition) is 3. The second-order valence-electron chi connectivity index (χ2n) is 7.57. The zero-order valence-corrected chi connectivity index (χ0v) is 16.5. The molecule has 9 heteroatoms. The van der Waals surface area contributed by atoms with Gasteiger partial charge in [-0.3, -0.25) is 9.89 Å². The number of H-pyrrole nitrogens is 1. The molecule has 5 rings (SSSR count). The van der Waals surface area contributed by atoms with Gasteiger partial charge in [0.05, 0.1) is 18.1 Å². The monoisotopic (exact) mass is 417 g/mol. The summed E-state index contributed by atoms with van der Waals surface area (Å²) in [7, 11) is 0. The number of amides is 1. The summed E-state index contributed by atoms with van der Waals surface area (Å²) in [6.07, 6.45) is 3.51. The lowest BCUT2D eigenvalue weighted by atomic mass is 10.0. The third-order valence-electron chi connectivity index (χ3n) is 5.08. The van der Waals surface area contributed by atoms with Gasteiger partial charge in [0.15, 0.2) is 5.82 Å². The smallest absolute Gasteiger partial charge is 0.230 e. The molecule has 1 amide bonds. The summed E-state index contributed by atoms with van der Waals surface area (Å²) in [4.78, 5) is 24.8. The third kappa shape index (κ3) is 4.50. The van der Waals surface area contributed by atoms with Crippen LogP contribution in [-0.2, 0) is 4.79 Å². The van der Waals surface area contributed by atoms with Gasteiger partial charge in [-0.15, -0.1) is 0 Å². The fourth-order valence-corrected chi connectivity index (χ4v) is 3.31. The lowest BCUT2D eigenvalue weighted by Gasteiger charge is -2.11. The minimum absolute atomic E-state index is 0.194. The molecule has 1 aliphatic carbocycles. The Kier molecular flexibility index (Phi) is 4.99. The molecule has 0 radical (unpaired) electrons. The molecule has 0 spiro atoms. The molecule has 3 N–H and O–H groups in total. The van der Waals surface area contributed by atoms with Gasteiger partial charge < -0.3 is 10.6 Å². The molecule has 0 aliphatic heterocycles. The van der Waals surface area contributed by atoms with Gasteiger partial charge >= 0.3 is 0 Å². The maximum absolute atomic E-state index is 14.7. The van der Waals surface area contributed by atoms with Gasteiger partial charge in [-0.25, -0.2) is 14.4 Å². The number of benzene rings is 2. The number of fused-ring (bicyclic) bond motifs is 1. The number of aromatic nitrogens is 5. The molecule has 2 aromatic carbocycles. The zero-order chi connectivity index (χ0) is 21.2. The first kappa shape index (κ1) is 19.1. The van der Waals surface area contributed by atoms with Crippen LogP contribution in [-0.4, -0.2) is 37.1 Å². The van der Waals surface area contributed by atoms with Crippen molar-refractivity contribution in [3.8, 4) is 11.4 Å². The van der Waals surface area contributed by atoms with Crippen molar-refractivity contribution in [3.05, 3.63) is 60.6 Å². The normalized spacial score (nSPS) is 14.4. The highest BCUT2D eigenvalue weighted by Crippen LogP contribution is 2.27. The maximum Gasteiger partial charge on any atom is 0.230 e. The van der Waals surface area contributed by atoms with Crippen molar-refractivity contribution in [3.63, 3.8) is 0 Å². The molecule has 2 aromatic heterocycles. The summed E-state index contributed by atoms with van der Waals surface area (Å²) in [6.45, 7) is 0. The lowest BCUT2D eigenvalue weighted by Crippen LogP contribution is -2.26. The van der Waals surface area contributed by atoms with E-state index >= 15 is 0 Å². The van der Waals surface area contributed by atoms with Crippen molar-refractivity contribution >= 4 is 28.4 Å². The molecule has 0 saturated heterocycles. The average molecular weight is 417 g/mol. The summed E-state index contributed by atoms with van der Waals surface area (Å²) in [5.74, 6) is 0.527. The predicted octanol–water partition coefficient (Wildman–Crippen LogP) is 3.84. The van der Waals surface area contributed by atoms with Crippen LogP contribution in [0.3, 0.4) is 0 Å². The van der Waals surface area contributed by atoms with Gasteiger partial charge in [-0.05, 0) is 42.7 Å². The van der Waals surface area contributed by atoms with Crippen molar-refractivity contribution in [1.29, 1.82) is 0 Å². The summed E-state index contributed by atoms with van der Waals surface area (Å²) in [5, 5.41) is 13.8. The van der Waals surface area contributed by atoms with Crippen LogP contribution in [0.15, 0.2) is 55.0 Å². The van der Waals surface area contributed by atoms with Gasteiger partial charge in [0, 0.05) is 22.7 Å². The minimum atomic E-state index is -1.39. The van der Waals surface area contributed by atoms with E-state index in [2.05, 4.69) is 35.8 Å². The van der Waals surface area contributed by atoms with E-state index in [0.29, 0.717) is 22.9 Å². The van der Waals surface area contributed by atoms with Crippen LogP contribution in [0.1, 0.15) is 31.0 Å². The fraction of sp³-hybridized carbons (Fsp3) is 0.227. The minimum Gasteiger partial charge on any atom is -0.353 e. The van der Waals surface area contributed by atoms with E-state index in [9.17, 15) is 9.18 Å². The summed E-state index contributed by atoms with van der Waals surface area (Å²) in [6, 6.07) is 12.8. The van der Waals surface area contributed by atoms with Crippen LogP contribution < -0.4 is 10.6 Å². The number of carbonyl (C=O) groups excluding carboxylic acids is 1. The largest absolute Gasteiger partial charge is 0.353 e. The van der Waals surface area contributed by atoms with Crippen molar-refractivity contribution < 1.29 is 9.18 Å². The number of nitrogens with one attached hydrogen (secondary N) is 3. The molecule has 156 valence electrons. The third-order valence-corrected chi connectivity index (χ3v) is 5.08. The Balaban J connectivity index is 1.32. The highest BCUT2D eigenvalue weighted by molar-refractivity contribution is 5.82. The second kappa shape index (κ2) is 8.10. The van der Waals surface area contributed by atoms with Gasteiger partial charge in [0.2, 0.25) is 11.9 Å². The van der Waals surface area contributed by atoms with Crippen molar-refractivity contribution in [2.45, 2.75) is 31.5 Å². The fourth-order valence-electron chi connectivity index (χ4n) is 3.31. The molecule has 1 fully saturated rings. The molecule has 4 aromatic rings. The molecule has 31 heavy (non-hydrogen) atoms. The molecular weight excluding hydrogens is 397 g/mol. The molecule has 8 nitrogen and oxygen atoms in total. The van der Waals surface area contributed by atoms with Crippen LogP contribution >= 0.6 is 0 Å². The Bertz CT molecular complexity index is 1240. The zero-order valence-electron chi connectivity index (χ0n) is 16.5. The molecule has 0 bridgehead atoms. The Morgan fingerprint density at radius 2 is 2.10 bits per heavy atom. The van der Waals surface area contributed by atoms with E-state index in [4.69, 9.17) is 0 Å². The number of hydrogen-bond acceptors (Lipinski definition) is 6. The van der Waals surface area contributed by atoms with E-state index in [1.165, 1.54) is 6.33 Å². The van der Waals surface area contributed by atoms with E-state index in [1.807, 2.05) is 18.2 Å². The van der Waals surface area contributed by atoms with Crippen molar-refractivity contribution in [2.75, 3.05) is 5.32 Å². The van der Waals surface area contributed by atoms with Gasteiger partial charge in [0.25, 0.3) is 0 Å². The van der Waals surface area contributed by atoms with Crippen molar-refractivity contribution in [2.24, 2.45) is 0 Å². The van der Waals surface area contributed by atoms with Crippen LogP contribution in [0.25, 0.3) is 22.3 Å². The van der Waals surface area contributed by atoms with E-state index in [1.54, 1.807) is 30.5 Å². The average Bonchev–Trinajstić information content (AvgIpc) is 3.46. The van der Waals surface area contributed by atoms with E-state index in [0.717, 1.165) is 29.4 Å². The highest BCUT2D eigenvalue weighted by Gasteiger charge is 2.25. The predicted molar refractivity (Wildman–Crippen MR) is 114 cm³/mol. The Morgan fingerprint density at radius 1 is 1.19 bits per heavy atom. The molecular formula is C22H20FN7O. The summed E-state index contributed by atoms with van der Waals surface area (Å²) < 4.78 is 14.7. The second-order valence-corrected chi connectivity index (χ2v) is 7.57. The maximum atomic E-state index is 14.7. The van der Waals surface area contributed by atoms with E-state index < -0.39 is 6.17 Å². The number of alkyl halides is 1. The number of rotatable bonds is 7. The molecule has 1 saturated carbocycles. The number of halogens is 1. The van der Waals surface area contributed by atoms with Crippen molar-refractivity contribution in [1.82, 2.24) is 30.5 Å². The Hall–Kier alpha value is -3.88. The SMILES string of the molecule is O=C(CC(F)c1cccc(-c2ncnc(Nc3ccc4[nH]ncc4c3)n2)c1)NC1CC1. The summed E-state index contributed by atoms with van der Waals surface area (Å²) in [5.41, 5.74) is 2.82. The van der Waals surface area contributed by atoms with Gasteiger partial charge in [0.1, 0.15) is 12.5 Å². The molecule has 1 unspecified atom stereocenters. The Morgan fingerprint density at radius 3 is 2.97 bits per heavy atom. The van der Waals surface area contributed by atoms with Gasteiger partial charge in [-0.1, -0.05) is 18.2 Å². The quantitative estimate of drug-likeness (QED) is 0.422. The van der Waals surface area contributed by atoms with Crippen LogP contribution in [0, 0.1) is 0 Å². The topological polar surface area (TPSA) is 108 Å². The first-order valence-electron chi connectivity index (χ1n) is 10.1. The summed E-state index contributed by atoms with van der Waals surface area (Å²) >= 11 is 0. The molecule has 2 heterocycles. The first-order valence-corrected chi connectivity index (χ1v) is 10.1.